The number of nitrogens with zero attached hydrogens (tertiary/aromatic N) is 1. The predicted molar refractivity (Wildman–Crippen MR) is 55.1 cm³/mol. The molecule has 1 aromatic heterocycles. The number of hydrogen-bond donors (Lipinski definition) is 1. The molecule has 0 fully saturated rings. The molecule has 2 rings (SSSR count). The Balaban J connectivity index is 2.30. The average Bonchev–Trinajstić information content (AvgIpc) is 2.24. The van der Waals surface area contributed by atoms with Crippen molar-refractivity contribution >= 4 is 5.82 Å². The van der Waals surface area contributed by atoms with Gasteiger partial charge in [-0.05, 0) is 18.2 Å². The maximum Gasteiger partial charge on any atom is 0.221 e. The Labute approximate surface area is 90.5 Å². The number of halogens is 2. The van der Waals surface area contributed by atoms with Gasteiger partial charge in [0.15, 0.2) is 11.6 Å². The number of hydrogen-bond acceptors (Lipinski definition) is 3. The molecule has 0 aliphatic carbocycles. The van der Waals surface area contributed by atoms with Crippen molar-refractivity contribution in [3.63, 3.8) is 0 Å². The third-order valence-electron chi connectivity index (χ3n) is 1.85. The molecule has 0 aliphatic rings. The number of benzene rings is 1. The highest BCUT2D eigenvalue weighted by Gasteiger charge is 2.07. The molecule has 0 atom stereocenters. The first-order chi connectivity index (χ1) is 7.65. The lowest BCUT2D eigenvalue weighted by atomic mass is 10.3. The molecule has 0 spiro atoms. The van der Waals surface area contributed by atoms with Gasteiger partial charge in [-0.1, -0.05) is 6.07 Å². The molecule has 0 amide bonds. The molecular weight excluding hydrogens is 214 g/mol. The van der Waals surface area contributed by atoms with E-state index in [-0.39, 0.29) is 17.4 Å². The van der Waals surface area contributed by atoms with Crippen LogP contribution in [-0.2, 0) is 0 Å². The third kappa shape index (κ3) is 2.25. The molecule has 2 N–H and O–H groups in total. The summed E-state index contributed by atoms with van der Waals surface area (Å²) in [5.74, 6) is -1.11. The van der Waals surface area contributed by atoms with E-state index in [1.165, 1.54) is 6.07 Å². The summed E-state index contributed by atoms with van der Waals surface area (Å²) in [6.07, 6.45) is 0. The summed E-state index contributed by atoms with van der Waals surface area (Å²) in [6.45, 7) is 0. The van der Waals surface area contributed by atoms with Gasteiger partial charge in [-0.15, -0.1) is 0 Å². The van der Waals surface area contributed by atoms with Gasteiger partial charge in [0.1, 0.15) is 11.6 Å². The van der Waals surface area contributed by atoms with Gasteiger partial charge < -0.3 is 10.5 Å². The second-order valence-corrected chi connectivity index (χ2v) is 3.08. The Kier molecular flexibility index (Phi) is 2.68. The molecular formula is C11H8F2N2O. The number of pyridine rings is 1. The SMILES string of the molecule is Nc1cccc(Oc2cc(F)ccc2F)n1. The van der Waals surface area contributed by atoms with Gasteiger partial charge in [0.05, 0.1) is 0 Å². The van der Waals surface area contributed by atoms with Crippen LogP contribution in [-0.4, -0.2) is 4.98 Å². The van der Waals surface area contributed by atoms with Gasteiger partial charge in [-0.2, -0.15) is 4.98 Å². The number of rotatable bonds is 2. The molecule has 1 aromatic carbocycles. The van der Waals surface area contributed by atoms with Crippen molar-refractivity contribution in [1.29, 1.82) is 0 Å². The fourth-order valence-electron chi connectivity index (χ4n) is 1.16. The fourth-order valence-corrected chi connectivity index (χ4v) is 1.16. The maximum absolute atomic E-state index is 13.2. The summed E-state index contributed by atoms with van der Waals surface area (Å²) in [7, 11) is 0. The van der Waals surface area contributed by atoms with Crippen molar-refractivity contribution in [3.05, 3.63) is 48.0 Å². The maximum atomic E-state index is 13.2. The van der Waals surface area contributed by atoms with Gasteiger partial charge >= 0.3 is 0 Å². The molecule has 5 heteroatoms. The average molecular weight is 222 g/mol. The second-order valence-electron chi connectivity index (χ2n) is 3.08. The Morgan fingerprint density at radius 1 is 1.12 bits per heavy atom. The fraction of sp³-hybridized carbons (Fsp3) is 0. The van der Waals surface area contributed by atoms with Crippen molar-refractivity contribution in [2.24, 2.45) is 0 Å². The monoisotopic (exact) mass is 222 g/mol. The van der Waals surface area contributed by atoms with Crippen molar-refractivity contribution in [2.75, 3.05) is 5.73 Å². The molecule has 0 saturated carbocycles. The topological polar surface area (TPSA) is 48.1 Å². The van der Waals surface area contributed by atoms with Crippen LogP contribution in [0.25, 0.3) is 0 Å². The number of ether oxygens (including phenoxy) is 1. The molecule has 2 aromatic rings. The van der Waals surface area contributed by atoms with Crippen molar-refractivity contribution in [2.45, 2.75) is 0 Å². The highest BCUT2D eigenvalue weighted by atomic mass is 19.1. The molecule has 0 aliphatic heterocycles. The van der Waals surface area contributed by atoms with Crippen LogP contribution in [0.1, 0.15) is 0 Å². The van der Waals surface area contributed by atoms with Crippen molar-refractivity contribution in [1.82, 2.24) is 4.98 Å². The van der Waals surface area contributed by atoms with Crippen LogP contribution in [0, 0.1) is 11.6 Å². The van der Waals surface area contributed by atoms with Gasteiger partial charge in [-0.25, -0.2) is 8.78 Å². The van der Waals surface area contributed by atoms with Crippen LogP contribution in [0.3, 0.4) is 0 Å². The molecule has 3 nitrogen and oxygen atoms in total. The third-order valence-corrected chi connectivity index (χ3v) is 1.85. The van der Waals surface area contributed by atoms with E-state index in [0.29, 0.717) is 0 Å². The van der Waals surface area contributed by atoms with Crippen LogP contribution in [0.2, 0.25) is 0 Å². The highest BCUT2D eigenvalue weighted by Crippen LogP contribution is 2.24. The van der Waals surface area contributed by atoms with Crippen LogP contribution in [0.4, 0.5) is 14.6 Å². The number of anilines is 1. The zero-order valence-corrected chi connectivity index (χ0v) is 8.15. The van der Waals surface area contributed by atoms with E-state index in [2.05, 4.69) is 4.98 Å². The summed E-state index contributed by atoms with van der Waals surface area (Å²) in [4.78, 5) is 3.81. The van der Waals surface area contributed by atoms with Crippen LogP contribution in [0.15, 0.2) is 36.4 Å². The predicted octanol–water partition coefficient (Wildman–Crippen LogP) is 2.73. The van der Waals surface area contributed by atoms with Crippen molar-refractivity contribution in [3.8, 4) is 11.6 Å². The molecule has 1 heterocycles. The first-order valence-electron chi connectivity index (χ1n) is 4.50. The minimum Gasteiger partial charge on any atom is -0.436 e. The lowest BCUT2D eigenvalue weighted by molar-refractivity contribution is 0.423. The van der Waals surface area contributed by atoms with E-state index in [4.69, 9.17) is 10.5 Å². The Morgan fingerprint density at radius 3 is 2.69 bits per heavy atom. The Bertz CT molecular complexity index is 517. The largest absolute Gasteiger partial charge is 0.436 e. The van der Waals surface area contributed by atoms with Crippen LogP contribution in [0.5, 0.6) is 11.6 Å². The summed E-state index contributed by atoms with van der Waals surface area (Å²) in [6, 6.07) is 7.61. The first-order valence-corrected chi connectivity index (χ1v) is 4.50. The van der Waals surface area contributed by atoms with E-state index >= 15 is 0 Å². The van der Waals surface area contributed by atoms with Crippen LogP contribution >= 0.6 is 0 Å². The van der Waals surface area contributed by atoms with E-state index in [0.717, 1.165) is 18.2 Å². The van der Waals surface area contributed by atoms with E-state index in [9.17, 15) is 8.78 Å². The highest BCUT2D eigenvalue weighted by molar-refractivity contribution is 5.34. The first kappa shape index (κ1) is 10.4. The van der Waals surface area contributed by atoms with Gasteiger partial charge in [0.2, 0.25) is 5.88 Å². The lowest BCUT2D eigenvalue weighted by Gasteiger charge is -2.05. The molecule has 82 valence electrons. The summed E-state index contributed by atoms with van der Waals surface area (Å²) in [5, 5.41) is 0. The van der Waals surface area contributed by atoms with Gasteiger partial charge in [-0.3, -0.25) is 0 Å². The van der Waals surface area contributed by atoms with E-state index in [1.54, 1.807) is 12.1 Å². The molecule has 0 bridgehead atoms. The van der Waals surface area contributed by atoms with Crippen LogP contribution < -0.4 is 10.5 Å². The standard InChI is InChI=1S/C11H8F2N2O/c12-7-4-5-8(13)9(6-7)16-11-3-1-2-10(14)15-11/h1-6H,(H2,14,15). The summed E-state index contributed by atoms with van der Waals surface area (Å²) >= 11 is 0. The minimum absolute atomic E-state index is 0.115. The quantitative estimate of drug-likeness (QED) is 0.849. The molecule has 0 saturated heterocycles. The van der Waals surface area contributed by atoms with E-state index in [1.807, 2.05) is 0 Å². The zero-order valence-electron chi connectivity index (χ0n) is 8.15. The Hall–Kier alpha value is -2.17. The van der Waals surface area contributed by atoms with Gasteiger partial charge in [0, 0.05) is 12.1 Å². The smallest absolute Gasteiger partial charge is 0.221 e. The van der Waals surface area contributed by atoms with E-state index < -0.39 is 11.6 Å². The normalized spacial score (nSPS) is 10.1. The number of nitrogens with two attached hydrogens (primary N) is 1. The molecule has 16 heavy (non-hydrogen) atoms. The summed E-state index contributed by atoms with van der Waals surface area (Å²) in [5.41, 5.74) is 5.42. The second kappa shape index (κ2) is 4.14. The van der Waals surface area contributed by atoms with Crippen molar-refractivity contribution < 1.29 is 13.5 Å². The number of aromatic nitrogens is 1. The lowest BCUT2D eigenvalue weighted by Crippen LogP contribution is -1.94. The molecule has 0 unspecified atom stereocenters. The summed E-state index contributed by atoms with van der Waals surface area (Å²) < 4.78 is 31.1. The Morgan fingerprint density at radius 2 is 1.94 bits per heavy atom. The van der Waals surface area contributed by atoms with Gasteiger partial charge in [0.25, 0.3) is 0 Å². The minimum atomic E-state index is -0.661. The zero-order chi connectivity index (χ0) is 11.5. The molecule has 0 radical (unpaired) electrons. The number of nitrogen functional groups attached to an aromatic ring is 1.